The predicted octanol–water partition coefficient (Wildman–Crippen LogP) is -0.364. The monoisotopic (exact) mass is 386 g/mol. The first-order chi connectivity index (χ1) is 13.8. The summed E-state index contributed by atoms with van der Waals surface area (Å²) in [5, 5.41) is 0. The molecule has 0 radical (unpaired) electrons. The van der Waals surface area contributed by atoms with Crippen LogP contribution < -0.4 is 33.5 Å². The van der Waals surface area contributed by atoms with Crippen LogP contribution in [0.4, 0.5) is 0 Å². The highest BCUT2D eigenvalue weighted by Gasteiger charge is 2.26. The Bertz CT molecular complexity index is 864. The number of benzene rings is 2. The zero-order chi connectivity index (χ0) is 18.9. The Hall–Kier alpha value is -2.64. The molecule has 2 aromatic carbocycles. The molecule has 5 rings (SSSR count). The van der Waals surface area contributed by atoms with Gasteiger partial charge in [0.05, 0.1) is 7.11 Å². The molecule has 0 atom stereocenters. The van der Waals surface area contributed by atoms with Gasteiger partial charge in [0, 0.05) is 11.1 Å². The van der Waals surface area contributed by atoms with E-state index in [1.807, 2.05) is 6.07 Å². The van der Waals surface area contributed by atoms with Crippen LogP contribution in [0.3, 0.4) is 0 Å². The molecule has 148 valence electrons. The van der Waals surface area contributed by atoms with Crippen LogP contribution in [0.15, 0.2) is 30.3 Å². The molecule has 0 bridgehead atoms. The second kappa shape index (κ2) is 7.41. The van der Waals surface area contributed by atoms with Crippen LogP contribution in [0.1, 0.15) is 11.1 Å². The first-order valence-electron chi connectivity index (χ1n) is 9.80. The van der Waals surface area contributed by atoms with Crippen LogP contribution in [0.25, 0.3) is 0 Å². The van der Waals surface area contributed by atoms with Gasteiger partial charge in [0.15, 0.2) is 23.0 Å². The third-order valence-corrected chi connectivity index (χ3v) is 5.73. The molecule has 3 aliphatic heterocycles. The average Bonchev–Trinajstić information content (AvgIpc) is 3.37. The number of piperazine rings is 1. The number of quaternary nitrogens is 2. The average molecular weight is 386 g/mol. The highest BCUT2D eigenvalue weighted by Crippen LogP contribution is 2.41. The van der Waals surface area contributed by atoms with Crippen molar-refractivity contribution in [3.8, 4) is 28.7 Å². The van der Waals surface area contributed by atoms with Gasteiger partial charge in [0.2, 0.25) is 19.3 Å². The number of nitrogens with one attached hydrogen (secondary N) is 2. The Morgan fingerprint density at radius 1 is 0.750 bits per heavy atom. The van der Waals surface area contributed by atoms with Gasteiger partial charge in [-0.15, -0.1) is 0 Å². The van der Waals surface area contributed by atoms with Crippen molar-refractivity contribution in [2.45, 2.75) is 13.1 Å². The van der Waals surface area contributed by atoms with E-state index < -0.39 is 0 Å². The van der Waals surface area contributed by atoms with E-state index in [9.17, 15) is 0 Å². The van der Waals surface area contributed by atoms with Gasteiger partial charge in [-0.05, 0) is 30.3 Å². The summed E-state index contributed by atoms with van der Waals surface area (Å²) in [5.41, 5.74) is 2.54. The van der Waals surface area contributed by atoms with Crippen molar-refractivity contribution < 1.29 is 33.5 Å². The largest absolute Gasteiger partial charge is 0.493 e. The number of methoxy groups -OCH3 is 1. The molecule has 7 nitrogen and oxygen atoms in total. The highest BCUT2D eigenvalue weighted by atomic mass is 16.7. The maximum absolute atomic E-state index is 5.55. The first kappa shape index (κ1) is 17.5. The van der Waals surface area contributed by atoms with E-state index in [1.54, 1.807) is 16.9 Å². The maximum Gasteiger partial charge on any atom is 0.231 e. The second-order valence-electron chi connectivity index (χ2n) is 7.57. The van der Waals surface area contributed by atoms with Gasteiger partial charge >= 0.3 is 0 Å². The Balaban J connectivity index is 1.18. The van der Waals surface area contributed by atoms with E-state index in [-0.39, 0.29) is 6.79 Å². The summed E-state index contributed by atoms with van der Waals surface area (Å²) in [6, 6.07) is 10.5. The number of fused-ring (bicyclic) bond motifs is 2. The fourth-order valence-corrected chi connectivity index (χ4v) is 4.22. The van der Waals surface area contributed by atoms with Gasteiger partial charge in [0.25, 0.3) is 0 Å². The predicted molar refractivity (Wildman–Crippen MR) is 100 cm³/mol. The molecule has 0 amide bonds. The molecular formula is C21H26N2O5+2. The van der Waals surface area contributed by atoms with E-state index in [4.69, 9.17) is 23.7 Å². The Kier molecular flexibility index (Phi) is 4.62. The zero-order valence-corrected chi connectivity index (χ0v) is 16.1. The second-order valence-corrected chi connectivity index (χ2v) is 7.57. The van der Waals surface area contributed by atoms with Gasteiger partial charge in [-0.2, -0.15) is 0 Å². The molecule has 3 aliphatic rings. The molecule has 28 heavy (non-hydrogen) atoms. The molecule has 0 aromatic heterocycles. The molecule has 2 aromatic rings. The van der Waals surface area contributed by atoms with Gasteiger partial charge < -0.3 is 33.5 Å². The zero-order valence-electron chi connectivity index (χ0n) is 16.1. The van der Waals surface area contributed by atoms with Crippen LogP contribution in [0, 0.1) is 0 Å². The summed E-state index contributed by atoms with van der Waals surface area (Å²) in [6.07, 6.45) is 0. The Labute approximate surface area is 164 Å². The van der Waals surface area contributed by atoms with Crippen molar-refractivity contribution in [2.75, 3.05) is 46.9 Å². The molecule has 1 saturated heterocycles. The summed E-state index contributed by atoms with van der Waals surface area (Å²) in [5.74, 6) is 4.00. The van der Waals surface area contributed by atoms with Gasteiger partial charge in [-0.25, -0.2) is 0 Å². The van der Waals surface area contributed by atoms with E-state index in [0.717, 1.165) is 68.0 Å². The molecule has 0 aliphatic carbocycles. The van der Waals surface area contributed by atoms with Crippen LogP contribution in [0.2, 0.25) is 0 Å². The van der Waals surface area contributed by atoms with Crippen molar-refractivity contribution in [3.05, 3.63) is 41.5 Å². The summed E-state index contributed by atoms with van der Waals surface area (Å²) in [6.45, 7) is 7.22. The smallest absolute Gasteiger partial charge is 0.231 e. The van der Waals surface area contributed by atoms with Crippen LogP contribution >= 0.6 is 0 Å². The lowest BCUT2D eigenvalue weighted by Crippen LogP contribution is -3.27. The summed E-state index contributed by atoms with van der Waals surface area (Å²) in [4.78, 5) is 3.21. The first-order valence-corrected chi connectivity index (χ1v) is 9.80. The van der Waals surface area contributed by atoms with Crippen LogP contribution in [-0.4, -0.2) is 46.9 Å². The van der Waals surface area contributed by atoms with Gasteiger partial charge in [-0.1, -0.05) is 0 Å². The quantitative estimate of drug-likeness (QED) is 0.735. The SMILES string of the molecule is COc1cc(C[NH+]2CC[NH+](Cc3ccc4c(c3)OCO4)CC2)cc2c1OCO2. The molecule has 3 heterocycles. The van der Waals surface area contributed by atoms with Crippen molar-refractivity contribution >= 4 is 0 Å². The molecule has 1 fully saturated rings. The lowest BCUT2D eigenvalue weighted by Gasteiger charge is -2.30. The van der Waals surface area contributed by atoms with E-state index >= 15 is 0 Å². The highest BCUT2D eigenvalue weighted by molar-refractivity contribution is 5.54. The van der Waals surface area contributed by atoms with Gasteiger partial charge in [-0.3, -0.25) is 0 Å². The minimum absolute atomic E-state index is 0.268. The molecular weight excluding hydrogens is 360 g/mol. The molecule has 7 heteroatoms. The van der Waals surface area contributed by atoms with Crippen molar-refractivity contribution in [1.29, 1.82) is 0 Å². The maximum atomic E-state index is 5.55. The third-order valence-electron chi connectivity index (χ3n) is 5.73. The third kappa shape index (κ3) is 3.43. The topological polar surface area (TPSA) is 55.0 Å². The fraction of sp³-hybridized carbons (Fsp3) is 0.429. The Morgan fingerprint density at radius 3 is 2.18 bits per heavy atom. The van der Waals surface area contributed by atoms with Crippen molar-refractivity contribution in [2.24, 2.45) is 0 Å². The normalized spacial score (nSPS) is 22.3. The van der Waals surface area contributed by atoms with Crippen LogP contribution in [0.5, 0.6) is 28.7 Å². The summed E-state index contributed by atoms with van der Waals surface area (Å²) in [7, 11) is 1.67. The van der Waals surface area contributed by atoms with E-state index in [2.05, 4.69) is 24.3 Å². The molecule has 0 saturated carbocycles. The minimum Gasteiger partial charge on any atom is -0.493 e. The van der Waals surface area contributed by atoms with Gasteiger partial charge in [0.1, 0.15) is 39.3 Å². The van der Waals surface area contributed by atoms with E-state index in [1.165, 1.54) is 11.1 Å². The lowest BCUT2D eigenvalue weighted by atomic mass is 10.1. The standard InChI is InChI=1S/C21H24N2O5/c1-24-19-9-16(10-20-21(19)28-14-27-20)12-23-6-4-22(5-7-23)11-15-2-3-17-18(8-15)26-13-25-17/h2-3,8-10H,4-7,11-14H2,1H3/p+2. The number of hydrogen-bond acceptors (Lipinski definition) is 5. The summed E-state index contributed by atoms with van der Waals surface area (Å²) >= 11 is 0. The van der Waals surface area contributed by atoms with Crippen molar-refractivity contribution in [1.82, 2.24) is 0 Å². The minimum atomic E-state index is 0.268. The molecule has 0 unspecified atom stereocenters. The fourth-order valence-electron chi connectivity index (χ4n) is 4.22. The Morgan fingerprint density at radius 2 is 1.39 bits per heavy atom. The number of rotatable bonds is 5. The van der Waals surface area contributed by atoms with Crippen molar-refractivity contribution in [3.63, 3.8) is 0 Å². The lowest BCUT2D eigenvalue weighted by molar-refractivity contribution is -1.02. The van der Waals surface area contributed by atoms with E-state index in [0.29, 0.717) is 6.79 Å². The number of ether oxygens (including phenoxy) is 5. The molecule has 2 N–H and O–H groups in total. The van der Waals surface area contributed by atoms with Crippen LogP contribution in [-0.2, 0) is 13.1 Å². The summed E-state index contributed by atoms with van der Waals surface area (Å²) < 4.78 is 27.4. The molecule has 0 spiro atoms. The number of hydrogen-bond donors (Lipinski definition) is 2.